The van der Waals surface area contributed by atoms with Gasteiger partial charge in [0.15, 0.2) is 0 Å². The van der Waals surface area contributed by atoms with Crippen LogP contribution in [0.15, 0.2) is 53.6 Å². The van der Waals surface area contributed by atoms with Crippen molar-refractivity contribution < 1.29 is 9.31 Å². The molecule has 0 spiro atoms. The Balaban J connectivity index is 1.53. The standard InChI is InChI=1S/C21H21FN8O2/c22-16-6-8-17(9-7-16)24-19-25-20(27-21(26-19)29-12-2-1-3-13-29)28-23-14-15-4-10-18(11-5-15)30(31)32/h4-11,14H,1-3,12-13H2,(H2,24,25,26,27,28). The maximum Gasteiger partial charge on any atom is 0.269 e. The molecule has 0 amide bonds. The fourth-order valence-corrected chi connectivity index (χ4v) is 3.21. The molecule has 1 fully saturated rings. The molecule has 1 saturated heterocycles. The van der Waals surface area contributed by atoms with E-state index in [9.17, 15) is 14.5 Å². The topological polar surface area (TPSA) is 121 Å². The van der Waals surface area contributed by atoms with Crippen molar-refractivity contribution in [2.24, 2.45) is 5.10 Å². The molecule has 0 radical (unpaired) electrons. The predicted molar refractivity (Wildman–Crippen MR) is 120 cm³/mol. The number of nitro benzene ring substituents is 1. The number of aromatic nitrogens is 3. The molecule has 2 aromatic carbocycles. The lowest BCUT2D eigenvalue weighted by atomic mass is 10.1. The maximum atomic E-state index is 13.2. The number of nitro groups is 1. The summed E-state index contributed by atoms with van der Waals surface area (Å²) >= 11 is 0. The normalized spacial score (nSPS) is 13.8. The number of non-ortho nitro benzene ring substituents is 1. The molecular formula is C21H21FN8O2. The Morgan fingerprint density at radius 1 is 0.969 bits per heavy atom. The fraction of sp³-hybridized carbons (Fsp3) is 0.238. The second-order valence-corrected chi connectivity index (χ2v) is 7.18. The number of nitrogens with one attached hydrogen (secondary N) is 2. The second kappa shape index (κ2) is 9.77. The highest BCUT2D eigenvalue weighted by molar-refractivity contribution is 5.80. The van der Waals surface area contributed by atoms with E-state index in [4.69, 9.17) is 0 Å². The molecular weight excluding hydrogens is 415 g/mol. The van der Waals surface area contributed by atoms with E-state index < -0.39 is 4.92 Å². The Labute approximate surface area is 183 Å². The van der Waals surface area contributed by atoms with E-state index in [1.54, 1.807) is 24.3 Å². The van der Waals surface area contributed by atoms with Crippen molar-refractivity contribution >= 4 is 35.4 Å². The molecule has 4 rings (SSSR count). The van der Waals surface area contributed by atoms with E-state index in [0.717, 1.165) is 25.9 Å². The van der Waals surface area contributed by atoms with E-state index in [1.807, 2.05) is 0 Å². The minimum absolute atomic E-state index is 0.00950. The van der Waals surface area contributed by atoms with Crippen LogP contribution >= 0.6 is 0 Å². The van der Waals surface area contributed by atoms with Crippen molar-refractivity contribution in [3.63, 3.8) is 0 Å². The Kier molecular flexibility index (Phi) is 6.44. The first kappa shape index (κ1) is 21.1. The molecule has 0 unspecified atom stereocenters. The van der Waals surface area contributed by atoms with Crippen LogP contribution in [-0.4, -0.2) is 39.2 Å². The van der Waals surface area contributed by atoms with E-state index >= 15 is 0 Å². The number of benzene rings is 2. The average Bonchev–Trinajstić information content (AvgIpc) is 2.81. The van der Waals surface area contributed by atoms with Gasteiger partial charge >= 0.3 is 0 Å². The highest BCUT2D eigenvalue weighted by atomic mass is 19.1. The molecule has 10 nitrogen and oxygen atoms in total. The van der Waals surface area contributed by atoms with Crippen molar-refractivity contribution in [2.45, 2.75) is 19.3 Å². The summed E-state index contributed by atoms with van der Waals surface area (Å²) in [7, 11) is 0. The number of nitrogens with zero attached hydrogens (tertiary/aromatic N) is 6. The zero-order valence-corrected chi connectivity index (χ0v) is 17.1. The summed E-state index contributed by atoms with van der Waals surface area (Å²) < 4.78 is 13.2. The molecule has 32 heavy (non-hydrogen) atoms. The first-order chi connectivity index (χ1) is 15.6. The highest BCUT2D eigenvalue weighted by Crippen LogP contribution is 2.21. The second-order valence-electron chi connectivity index (χ2n) is 7.18. The van der Waals surface area contributed by atoms with Gasteiger partial charge in [-0.25, -0.2) is 9.82 Å². The molecule has 0 atom stereocenters. The van der Waals surface area contributed by atoms with Gasteiger partial charge < -0.3 is 10.2 Å². The van der Waals surface area contributed by atoms with Crippen molar-refractivity contribution in [1.82, 2.24) is 15.0 Å². The highest BCUT2D eigenvalue weighted by Gasteiger charge is 2.16. The minimum Gasteiger partial charge on any atom is -0.341 e. The van der Waals surface area contributed by atoms with Gasteiger partial charge in [-0.2, -0.15) is 20.1 Å². The zero-order valence-electron chi connectivity index (χ0n) is 17.1. The zero-order chi connectivity index (χ0) is 22.3. The van der Waals surface area contributed by atoms with Gasteiger partial charge in [-0.15, -0.1) is 0 Å². The van der Waals surface area contributed by atoms with Crippen LogP contribution in [0.5, 0.6) is 0 Å². The molecule has 3 aromatic rings. The molecule has 2 heterocycles. The number of piperidine rings is 1. The first-order valence-corrected chi connectivity index (χ1v) is 10.1. The monoisotopic (exact) mass is 436 g/mol. The smallest absolute Gasteiger partial charge is 0.269 e. The third kappa shape index (κ3) is 5.50. The molecule has 164 valence electrons. The minimum atomic E-state index is -0.457. The molecule has 1 aliphatic rings. The van der Waals surface area contributed by atoms with E-state index in [-0.39, 0.29) is 17.5 Å². The summed E-state index contributed by atoms with van der Waals surface area (Å²) in [6.07, 6.45) is 4.81. The molecule has 1 aliphatic heterocycles. The van der Waals surface area contributed by atoms with Crippen LogP contribution in [0.4, 0.5) is 33.6 Å². The van der Waals surface area contributed by atoms with E-state index in [0.29, 0.717) is 23.1 Å². The third-order valence-corrected chi connectivity index (χ3v) is 4.84. The van der Waals surface area contributed by atoms with Crippen LogP contribution < -0.4 is 15.6 Å². The van der Waals surface area contributed by atoms with Gasteiger partial charge in [0.1, 0.15) is 5.82 Å². The Hall–Kier alpha value is -4.15. The van der Waals surface area contributed by atoms with Gasteiger partial charge in [0.25, 0.3) is 5.69 Å². The maximum absolute atomic E-state index is 13.2. The summed E-state index contributed by atoms with van der Waals surface area (Å²) in [4.78, 5) is 25.7. The summed E-state index contributed by atoms with van der Waals surface area (Å²) in [5, 5.41) is 18.0. The van der Waals surface area contributed by atoms with Crippen LogP contribution in [0.1, 0.15) is 24.8 Å². The largest absolute Gasteiger partial charge is 0.341 e. The van der Waals surface area contributed by atoms with Gasteiger partial charge in [-0.3, -0.25) is 10.1 Å². The lowest BCUT2D eigenvalue weighted by Gasteiger charge is -2.26. The summed E-state index contributed by atoms with van der Waals surface area (Å²) in [5.41, 5.74) is 4.12. The van der Waals surface area contributed by atoms with Crippen LogP contribution in [0.2, 0.25) is 0 Å². The van der Waals surface area contributed by atoms with Crippen molar-refractivity contribution in [3.8, 4) is 0 Å². The fourth-order valence-electron chi connectivity index (χ4n) is 3.21. The van der Waals surface area contributed by atoms with Crippen molar-refractivity contribution in [1.29, 1.82) is 0 Å². The average molecular weight is 436 g/mol. The van der Waals surface area contributed by atoms with Gasteiger partial charge in [0, 0.05) is 30.9 Å². The molecule has 0 aliphatic carbocycles. The van der Waals surface area contributed by atoms with Crippen LogP contribution in [0, 0.1) is 15.9 Å². The molecule has 11 heteroatoms. The predicted octanol–water partition coefficient (Wildman–Crippen LogP) is 4.10. The summed E-state index contributed by atoms with van der Waals surface area (Å²) in [5.74, 6) is 0.740. The number of anilines is 4. The quantitative estimate of drug-likeness (QED) is 0.323. The van der Waals surface area contributed by atoms with Crippen LogP contribution in [0.25, 0.3) is 0 Å². The van der Waals surface area contributed by atoms with Crippen LogP contribution in [-0.2, 0) is 0 Å². The molecule has 0 saturated carbocycles. The van der Waals surface area contributed by atoms with E-state index in [1.165, 1.54) is 36.9 Å². The third-order valence-electron chi connectivity index (χ3n) is 4.84. The number of halogens is 1. The van der Waals surface area contributed by atoms with Gasteiger partial charge in [0.2, 0.25) is 17.8 Å². The Bertz CT molecular complexity index is 1100. The number of hydrogen-bond acceptors (Lipinski definition) is 9. The van der Waals surface area contributed by atoms with Crippen molar-refractivity contribution in [3.05, 3.63) is 70.0 Å². The lowest BCUT2D eigenvalue weighted by Crippen LogP contribution is -2.31. The van der Waals surface area contributed by atoms with Crippen LogP contribution in [0.3, 0.4) is 0 Å². The number of hydrogen-bond donors (Lipinski definition) is 2. The van der Waals surface area contributed by atoms with Gasteiger partial charge in [0.05, 0.1) is 11.1 Å². The lowest BCUT2D eigenvalue weighted by molar-refractivity contribution is -0.384. The van der Waals surface area contributed by atoms with Gasteiger partial charge in [-0.05, 0) is 61.2 Å². The Morgan fingerprint density at radius 3 is 2.34 bits per heavy atom. The first-order valence-electron chi connectivity index (χ1n) is 10.1. The number of rotatable bonds is 7. The Morgan fingerprint density at radius 2 is 1.66 bits per heavy atom. The number of hydrazone groups is 1. The van der Waals surface area contributed by atoms with Crippen molar-refractivity contribution in [2.75, 3.05) is 28.7 Å². The summed E-state index contributed by atoms with van der Waals surface area (Å²) in [6, 6.07) is 11.9. The summed E-state index contributed by atoms with van der Waals surface area (Å²) in [6.45, 7) is 1.71. The molecule has 2 N–H and O–H groups in total. The van der Waals surface area contributed by atoms with E-state index in [2.05, 4.69) is 35.7 Å². The molecule has 1 aromatic heterocycles. The van der Waals surface area contributed by atoms with Gasteiger partial charge in [-0.1, -0.05) is 0 Å². The SMILES string of the molecule is O=[N+]([O-])c1ccc(C=NNc2nc(Nc3ccc(F)cc3)nc(N3CCCCC3)n2)cc1. The molecule has 0 bridgehead atoms.